The quantitative estimate of drug-likeness (QED) is 0.736. The van der Waals surface area contributed by atoms with Crippen molar-refractivity contribution in [2.24, 2.45) is 10.9 Å². The molecule has 0 aromatic rings. The molecule has 0 spiro atoms. The maximum Gasteiger partial charge on any atom is 0.156 e. The second kappa shape index (κ2) is 4.36. The summed E-state index contributed by atoms with van der Waals surface area (Å²) in [6, 6.07) is 0.626. The van der Waals surface area contributed by atoms with Gasteiger partial charge in [0.2, 0.25) is 0 Å². The van der Waals surface area contributed by atoms with Gasteiger partial charge < -0.3 is 5.32 Å². The molecular weight excluding hydrogens is 180 g/mol. The number of aliphatic imine (C=N–C) groups is 1. The van der Waals surface area contributed by atoms with Crippen molar-refractivity contribution in [3.8, 4) is 0 Å². The lowest BCUT2D eigenvalue weighted by Gasteiger charge is -2.25. The van der Waals surface area contributed by atoms with E-state index in [4.69, 9.17) is 0 Å². The first kappa shape index (κ1) is 9.38. The summed E-state index contributed by atoms with van der Waals surface area (Å²) in [6.07, 6.45) is 5.49. The average molecular weight is 198 g/mol. The molecule has 1 aliphatic carbocycles. The van der Waals surface area contributed by atoms with E-state index in [9.17, 15) is 0 Å². The van der Waals surface area contributed by atoms with Crippen LogP contribution in [0.1, 0.15) is 32.6 Å². The minimum atomic E-state index is 0.626. The third-order valence-electron chi connectivity index (χ3n) is 2.88. The van der Waals surface area contributed by atoms with Crippen molar-refractivity contribution < 1.29 is 0 Å². The lowest BCUT2D eigenvalue weighted by atomic mass is 9.86. The minimum absolute atomic E-state index is 0.626. The van der Waals surface area contributed by atoms with Gasteiger partial charge in [-0.25, -0.2) is 0 Å². The molecule has 0 aromatic carbocycles. The van der Waals surface area contributed by atoms with Gasteiger partial charge >= 0.3 is 0 Å². The number of rotatable bonds is 2. The Bertz CT molecular complexity index is 199. The normalized spacial score (nSPS) is 32.7. The monoisotopic (exact) mass is 198 g/mol. The van der Waals surface area contributed by atoms with Crippen molar-refractivity contribution in [3.63, 3.8) is 0 Å². The van der Waals surface area contributed by atoms with E-state index in [0.717, 1.165) is 12.5 Å². The molecule has 2 rings (SSSR count). The molecule has 74 valence electrons. The largest absolute Gasteiger partial charge is 0.362 e. The van der Waals surface area contributed by atoms with Crippen LogP contribution in [0.15, 0.2) is 4.99 Å². The molecule has 2 nitrogen and oxygen atoms in total. The van der Waals surface area contributed by atoms with Gasteiger partial charge in [-0.3, -0.25) is 4.99 Å². The molecule has 13 heavy (non-hydrogen) atoms. The molecule has 1 heterocycles. The average Bonchev–Trinajstić information content (AvgIpc) is 2.01. The molecule has 1 saturated carbocycles. The third kappa shape index (κ3) is 2.63. The molecule has 0 radical (unpaired) electrons. The van der Waals surface area contributed by atoms with Gasteiger partial charge in [0, 0.05) is 18.3 Å². The maximum atomic E-state index is 4.62. The Labute approximate surface area is 84.6 Å². The highest BCUT2D eigenvalue weighted by molar-refractivity contribution is 8.13. The van der Waals surface area contributed by atoms with Crippen molar-refractivity contribution >= 4 is 16.9 Å². The van der Waals surface area contributed by atoms with E-state index in [-0.39, 0.29) is 0 Å². The Morgan fingerprint density at radius 1 is 1.46 bits per heavy atom. The summed E-state index contributed by atoms with van der Waals surface area (Å²) >= 11 is 1.88. The van der Waals surface area contributed by atoms with Gasteiger partial charge in [-0.05, 0) is 32.1 Å². The summed E-state index contributed by atoms with van der Waals surface area (Å²) < 4.78 is 0. The summed E-state index contributed by atoms with van der Waals surface area (Å²) in [5.41, 5.74) is 0. The van der Waals surface area contributed by atoms with E-state index in [1.54, 1.807) is 0 Å². The van der Waals surface area contributed by atoms with Crippen molar-refractivity contribution in [1.29, 1.82) is 0 Å². The molecule has 1 N–H and O–H groups in total. The zero-order valence-corrected chi connectivity index (χ0v) is 9.07. The zero-order chi connectivity index (χ0) is 9.10. The van der Waals surface area contributed by atoms with Gasteiger partial charge in [0.1, 0.15) is 0 Å². The fourth-order valence-corrected chi connectivity index (χ4v) is 2.75. The van der Waals surface area contributed by atoms with Crippen LogP contribution in [-0.2, 0) is 0 Å². The summed E-state index contributed by atoms with van der Waals surface area (Å²) in [6.45, 7) is 3.29. The van der Waals surface area contributed by atoms with Crippen LogP contribution in [0.25, 0.3) is 0 Å². The van der Waals surface area contributed by atoms with Crippen molar-refractivity contribution in [3.05, 3.63) is 0 Å². The Kier molecular flexibility index (Phi) is 3.14. The van der Waals surface area contributed by atoms with E-state index >= 15 is 0 Å². The highest BCUT2D eigenvalue weighted by atomic mass is 32.2. The number of nitrogens with zero attached hydrogens (tertiary/aromatic N) is 1. The second-order valence-electron chi connectivity index (χ2n) is 4.13. The van der Waals surface area contributed by atoms with E-state index < -0.39 is 0 Å². The summed E-state index contributed by atoms with van der Waals surface area (Å²) in [7, 11) is 0. The minimum Gasteiger partial charge on any atom is -0.362 e. The molecule has 2 fully saturated rings. The van der Waals surface area contributed by atoms with Crippen molar-refractivity contribution in [1.82, 2.24) is 5.32 Å². The van der Waals surface area contributed by atoms with Gasteiger partial charge in [0.25, 0.3) is 0 Å². The van der Waals surface area contributed by atoms with Crippen LogP contribution in [0, 0.1) is 5.92 Å². The van der Waals surface area contributed by atoms with E-state index in [0.29, 0.717) is 6.04 Å². The highest BCUT2D eigenvalue weighted by Gasteiger charge is 2.18. The van der Waals surface area contributed by atoms with Crippen LogP contribution < -0.4 is 5.32 Å². The lowest BCUT2D eigenvalue weighted by molar-refractivity contribution is 0.326. The fraction of sp³-hybridized carbons (Fsp3) is 0.900. The van der Waals surface area contributed by atoms with Crippen molar-refractivity contribution in [2.75, 3.05) is 12.3 Å². The zero-order valence-electron chi connectivity index (χ0n) is 8.25. The maximum absolute atomic E-state index is 4.62. The molecule has 2 aliphatic rings. The predicted octanol–water partition coefficient (Wildman–Crippen LogP) is 2.26. The van der Waals surface area contributed by atoms with Gasteiger partial charge in [0.15, 0.2) is 5.17 Å². The van der Waals surface area contributed by atoms with E-state index in [1.165, 1.54) is 36.6 Å². The molecule has 0 amide bonds. The second-order valence-corrected chi connectivity index (χ2v) is 5.21. The summed E-state index contributed by atoms with van der Waals surface area (Å²) in [5, 5.41) is 4.62. The molecule has 1 saturated heterocycles. The number of thioether (sulfide) groups is 1. The topological polar surface area (TPSA) is 24.4 Å². The predicted molar refractivity (Wildman–Crippen MR) is 59.3 cm³/mol. The van der Waals surface area contributed by atoms with Crippen LogP contribution in [0.5, 0.6) is 0 Å². The Balaban J connectivity index is 1.77. The van der Waals surface area contributed by atoms with Gasteiger partial charge in [-0.1, -0.05) is 18.2 Å². The number of hydrogen-bond donors (Lipinski definition) is 1. The molecule has 1 aliphatic heterocycles. The van der Waals surface area contributed by atoms with Gasteiger partial charge in [-0.2, -0.15) is 0 Å². The Hall–Kier alpha value is -0.180. The van der Waals surface area contributed by atoms with Crippen LogP contribution in [0.2, 0.25) is 0 Å². The molecule has 0 bridgehead atoms. The summed E-state index contributed by atoms with van der Waals surface area (Å²) in [4.78, 5) is 4.62. The fourth-order valence-electron chi connectivity index (χ4n) is 1.64. The standard InChI is InChI=1S/C10H18N2S/c1-8-5-6-13-10(12-8)11-7-9-3-2-4-9/h8-9H,2-7H2,1H3,(H,11,12). The molecule has 0 aromatic heterocycles. The first-order valence-corrected chi connectivity index (χ1v) is 6.27. The van der Waals surface area contributed by atoms with E-state index in [2.05, 4.69) is 17.2 Å². The number of amidine groups is 1. The molecular formula is C10H18N2S. The molecule has 3 heteroatoms. The number of hydrogen-bond acceptors (Lipinski definition) is 2. The summed E-state index contributed by atoms with van der Waals surface area (Å²) in [5.74, 6) is 2.13. The highest BCUT2D eigenvalue weighted by Crippen LogP contribution is 2.26. The molecule has 1 atom stereocenters. The first-order valence-electron chi connectivity index (χ1n) is 5.28. The molecule has 1 unspecified atom stereocenters. The lowest BCUT2D eigenvalue weighted by Crippen LogP contribution is -2.36. The smallest absolute Gasteiger partial charge is 0.156 e. The van der Waals surface area contributed by atoms with Gasteiger partial charge in [-0.15, -0.1) is 0 Å². The van der Waals surface area contributed by atoms with Crippen LogP contribution in [0.3, 0.4) is 0 Å². The number of nitrogens with one attached hydrogen (secondary N) is 1. The SMILES string of the molecule is CC1CCSC(=NCC2CCC2)N1. The third-order valence-corrected chi connectivity index (χ3v) is 3.84. The Morgan fingerprint density at radius 2 is 2.31 bits per heavy atom. The van der Waals surface area contributed by atoms with Crippen LogP contribution >= 0.6 is 11.8 Å². The van der Waals surface area contributed by atoms with Crippen LogP contribution in [0.4, 0.5) is 0 Å². The first-order chi connectivity index (χ1) is 6.34. The van der Waals surface area contributed by atoms with E-state index in [1.807, 2.05) is 11.8 Å². The Morgan fingerprint density at radius 3 is 2.92 bits per heavy atom. The van der Waals surface area contributed by atoms with Crippen molar-refractivity contribution in [2.45, 2.75) is 38.6 Å². The van der Waals surface area contributed by atoms with Gasteiger partial charge in [0.05, 0.1) is 0 Å². The van der Waals surface area contributed by atoms with Crippen LogP contribution in [-0.4, -0.2) is 23.5 Å².